The minimum atomic E-state index is -1.79. The lowest BCUT2D eigenvalue weighted by Crippen LogP contribution is -2.31. The van der Waals surface area contributed by atoms with Gasteiger partial charge >= 0.3 is 0 Å². The van der Waals surface area contributed by atoms with E-state index in [2.05, 4.69) is 20.3 Å². The van der Waals surface area contributed by atoms with E-state index in [1.165, 1.54) is 0 Å². The van der Waals surface area contributed by atoms with Crippen molar-refractivity contribution in [3.63, 3.8) is 0 Å². The van der Waals surface area contributed by atoms with Gasteiger partial charge in [0.25, 0.3) is 22.8 Å². The summed E-state index contributed by atoms with van der Waals surface area (Å²) in [7, 11) is 3.16. The van der Waals surface area contributed by atoms with Crippen molar-refractivity contribution in [1.82, 2.24) is 9.97 Å². The Kier molecular flexibility index (Phi) is 8.61. The number of hydrogen-bond acceptors (Lipinski definition) is 9. The largest absolute Gasteiger partial charge is 0.463 e. The van der Waals surface area contributed by atoms with Gasteiger partial charge in [-0.15, -0.1) is 0 Å². The van der Waals surface area contributed by atoms with Gasteiger partial charge in [0.1, 0.15) is 13.2 Å². The number of nitrogens with zero attached hydrogens (tertiary/aromatic N) is 2. The van der Waals surface area contributed by atoms with Crippen LogP contribution in [-0.4, -0.2) is 61.7 Å². The van der Waals surface area contributed by atoms with Crippen molar-refractivity contribution in [2.24, 2.45) is 4.99 Å². The first-order valence-electron chi connectivity index (χ1n) is 10.0. The molecule has 176 valence electrons. The van der Waals surface area contributed by atoms with E-state index in [1.54, 1.807) is 50.6 Å². The Morgan fingerprint density at radius 1 is 0.970 bits per heavy atom. The number of nitrogens with one attached hydrogen (secondary N) is 2. The Balaban J connectivity index is 0.000000186. The van der Waals surface area contributed by atoms with Gasteiger partial charge in [0.15, 0.2) is 0 Å². The van der Waals surface area contributed by atoms with Crippen LogP contribution in [0.4, 0.5) is 5.69 Å². The molecule has 2 heterocycles. The molecule has 0 radical (unpaired) electrons. The summed E-state index contributed by atoms with van der Waals surface area (Å²) in [5.74, 6) is 0. The molecule has 4 rings (SSSR count). The zero-order valence-corrected chi connectivity index (χ0v) is 19.0. The maximum Gasteiger partial charge on any atom is 0.297 e. The Labute approximate surface area is 195 Å². The summed E-state index contributed by atoms with van der Waals surface area (Å²) in [5.41, 5.74) is 1.60. The zero-order valence-electron chi connectivity index (χ0n) is 18.2. The number of rotatable bonds is 7. The first-order chi connectivity index (χ1) is 15.9. The molecule has 0 saturated carbocycles. The van der Waals surface area contributed by atoms with Crippen LogP contribution in [-0.2, 0) is 19.4 Å². The molecule has 0 spiro atoms. The maximum absolute atomic E-state index is 11.6. The molecule has 0 aliphatic carbocycles. The van der Waals surface area contributed by atoms with Crippen molar-refractivity contribution in [1.29, 1.82) is 0 Å². The molecule has 2 aromatic carbocycles. The van der Waals surface area contributed by atoms with Crippen molar-refractivity contribution in [3.05, 3.63) is 64.4 Å². The Bertz CT molecular complexity index is 1150. The molecule has 0 bridgehead atoms. The topological polar surface area (TPSA) is 127 Å². The number of halogens is 1. The van der Waals surface area contributed by atoms with Crippen LogP contribution in [0.5, 0.6) is 6.01 Å². The summed E-state index contributed by atoms with van der Waals surface area (Å²) >= 11 is 5.93. The second-order valence-electron chi connectivity index (χ2n) is 6.75. The van der Waals surface area contributed by atoms with Crippen LogP contribution in [0.25, 0.3) is 10.9 Å². The smallest absolute Gasteiger partial charge is 0.297 e. The van der Waals surface area contributed by atoms with E-state index in [1.807, 2.05) is 12.1 Å². The van der Waals surface area contributed by atoms with Gasteiger partial charge in [0, 0.05) is 19.8 Å². The predicted octanol–water partition coefficient (Wildman–Crippen LogP) is 2.42. The number of ether oxygens (including phenoxy) is 4. The molecular formula is C22H25ClN4O6. The Morgan fingerprint density at radius 3 is 2.39 bits per heavy atom. The second kappa shape index (κ2) is 11.6. The number of alkyl halides is 1. The third-order valence-electron chi connectivity index (χ3n) is 4.40. The van der Waals surface area contributed by atoms with Crippen LogP contribution in [0.2, 0.25) is 0 Å². The van der Waals surface area contributed by atoms with Crippen LogP contribution in [0.3, 0.4) is 0 Å². The maximum atomic E-state index is 11.6. The van der Waals surface area contributed by atoms with Crippen molar-refractivity contribution < 1.29 is 24.1 Å². The predicted molar refractivity (Wildman–Crippen MR) is 125 cm³/mol. The third kappa shape index (κ3) is 6.65. The zero-order chi connectivity index (χ0) is 23.7. The fraction of sp³-hybridized carbons (Fsp3) is 0.318. The summed E-state index contributed by atoms with van der Waals surface area (Å²) in [6.07, 6.45) is 0. The molecule has 1 atom stereocenters. The highest BCUT2D eigenvalue weighted by Gasteiger charge is 2.33. The molecule has 33 heavy (non-hydrogen) atoms. The van der Waals surface area contributed by atoms with E-state index in [4.69, 9.17) is 30.5 Å². The number of para-hydroxylation sites is 2. The lowest BCUT2D eigenvalue weighted by atomic mass is 10.1. The van der Waals surface area contributed by atoms with Crippen molar-refractivity contribution in [3.8, 4) is 6.01 Å². The molecule has 1 aliphatic rings. The van der Waals surface area contributed by atoms with Crippen LogP contribution in [0, 0.1) is 0 Å². The van der Waals surface area contributed by atoms with Gasteiger partial charge in [0.2, 0.25) is 0 Å². The third-order valence-corrected chi connectivity index (χ3v) is 4.69. The number of aliphatic imine (C=N–C) groups is 1. The van der Waals surface area contributed by atoms with Crippen molar-refractivity contribution in [2.75, 3.05) is 46.0 Å². The SMILES string of the molecule is COCCOC1=NC(O)(Cl)c2ccccc2N1.COCCOc1nc2ccccc2c(=O)[nH]1. The molecule has 1 aliphatic heterocycles. The summed E-state index contributed by atoms with van der Waals surface area (Å²) in [6, 6.07) is 14.6. The molecule has 1 aromatic heterocycles. The number of aliphatic hydroxyl groups is 1. The fourth-order valence-electron chi connectivity index (χ4n) is 2.85. The number of H-pyrrole nitrogens is 1. The summed E-state index contributed by atoms with van der Waals surface area (Å²) in [4.78, 5) is 22.2. The van der Waals surface area contributed by atoms with E-state index in [-0.39, 0.29) is 17.6 Å². The Morgan fingerprint density at radius 2 is 1.64 bits per heavy atom. The number of fused-ring (bicyclic) bond motifs is 2. The van der Waals surface area contributed by atoms with Gasteiger partial charge in [-0.3, -0.25) is 9.78 Å². The van der Waals surface area contributed by atoms with Crippen molar-refractivity contribution in [2.45, 2.75) is 5.18 Å². The molecule has 3 N–H and O–H groups in total. The number of hydrogen-bond donors (Lipinski definition) is 3. The minimum absolute atomic E-state index is 0.179. The quantitative estimate of drug-likeness (QED) is 0.269. The van der Waals surface area contributed by atoms with Gasteiger partial charge in [-0.2, -0.15) is 9.98 Å². The molecule has 3 aromatic rings. The van der Waals surface area contributed by atoms with Gasteiger partial charge in [-0.25, -0.2) is 0 Å². The minimum Gasteiger partial charge on any atom is -0.463 e. The van der Waals surface area contributed by atoms with E-state index >= 15 is 0 Å². The highest BCUT2D eigenvalue weighted by atomic mass is 35.5. The lowest BCUT2D eigenvalue weighted by molar-refractivity contribution is 0.120. The molecular weight excluding hydrogens is 452 g/mol. The van der Waals surface area contributed by atoms with E-state index in [9.17, 15) is 9.90 Å². The van der Waals surface area contributed by atoms with Gasteiger partial charge in [-0.1, -0.05) is 41.9 Å². The van der Waals surface area contributed by atoms with Gasteiger partial charge in [-0.05, 0) is 18.2 Å². The number of aromatic amines is 1. The van der Waals surface area contributed by atoms with E-state index in [0.29, 0.717) is 48.6 Å². The number of methoxy groups -OCH3 is 2. The number of benzene rings is 2. The molecule has 0 saturated heterocycles. The van der Waals surface area contributed by atoms with E-state index in [0.717, 1.165) is 0 Å². The first kappa shape index (κ1) is 24.5. The Hall–Kier alpha value is -3.18. The first-order valence-corrected chi connectivity index (χ1v) is 10.4. The van der Waals surface area contributed by atoms with Gasteiger partial charge < -0.3 is 29.4 Å². The highest BCUT2D eigenvalue weighted by molar-refractivity contribution is 6.24. The summed E-state index contributed by atoms with van der Waals surface area (Å²) in [6.45, 7) is 1.58. The van der Waals surface area contributed by atoms with Crippen LogP contribution in [0.15, 0.2) is 58.3 Å². The van der Waals surface area contributed by atoms with Crippen molar-refractivity contribution >= 4 is 34.2 Å². The highest BCUT2D eigenvalue weighted by Crippen LogP contribution is 2.36. The van der Waals surface area contributed by atoms with Crippen LogP contribution < -0.4 is 15.6 Å². The normalized spacial score (nSPS) is 16.7. The van der Waals surface area contributed by atoms with E-state index < -0.39 is 5.18 Å². The lowest BCUT2D eigenvalue weighted by Gasteiger charge is -2.26. The summed E-state index contributed by atoms with van der Waals surface area (Å²) in [5, 5.41) is 11.7. The molecule has 11 heteroatoms. The van der Waals surface area contributed by atoms with Gasteiger partial charge in [0.05, 0.1) is 29.8 Å². The molecule has 0 fully saturated rings. The fourth-order valence-corrected chi connectivity index (χ4v) is 3.09. The number of aromatic nitrogens is 2. The van der Waals surface area contributed by atoms with Crippen LogP contribution >= 0.6 is 11.6 Å². The van der Waals surface area contributed by atoms with Crippen LogP contribution in [0.1, 0.15) is 5.56 Å². The molecule has 0 amide bonds. The average molecular weight is 477 g/mol. The monoisotopic (exact) mass is 476 g/mol. The molecule has 1 unspecified atom stereocenters. The molecule has 10 nitrogen and oxygen atoms in total. The summed E-state index contributed by atoms with van der Waals surface area (Å²) < 4.78 is 20.2. The number of anilines is 1. The number of amidine groups is 1. The standard InChI is InChI=1S/C11H13ClN2O3.C11H12N2O3/c1-16-6-7-17-10-13-9-5-3-2-4-8(9)11(12,15)14-10;1-15-6-7-16-11-12-9-5-3-2-4-8(9)10(14)13-11/h2-5,15H,6-7H2,1H3,(H,13,14);2-5H,6-7H2,1H3,(H,12,13,14). The average Bonchev–Trinajstić information content (AvgIpc) is 2.80. The second-order valence-corrected chi connectivity index (χ2v) is 7.27.